The van der Waals surface area contributed by atoms with Crippen LogP contribution in [0.2, 0.25) is 0 Å². The van der Waals surface area contributed by atoms with Crippen LogP contribution in [0.3, 0.4) is 0 Å². The molecule has 0 saturated carbocycles. The Morgan fingerprint density at radius 1 is 1.35 bits per heavy atom. The van der Waals surface area contributed by atoms with E-state index in [0.717, 1.165) is 50.5 Å². The maximum atomic E-state index is 12.8. The molecule has 0 aliphatic carbocycles. The molecule has 0 spiro atoms. The van der Waals surface area contributed by atoms with Gasteiger partial charge in [-0.3, -0.25) is 4.99 Å². The summed E-state index contributed by atoms with van der Waals surface area (Å²) in [6.07, 6.45) is 3.38. The molecule has 0 aromatic heterocycles. The maximum Gasteiger partial charge on any atom is 0.191 e. The van der Waals surface area contributed by atoms with Gasteiger partial charge in [-0.15, -0.1) is 0 Å². The Labute approximate surface area is 119 Å². The highest BCUT2D eigenvalue weighted by Crippen LogP contribution is 2.10. The first-order chi connectivity index (χ1) is 9.78. The summed E-state index contributed by atoms with van der Waals surface area (Å²) >= 11 is 0. The average molecular weight is 279 g/mol. The highest BCUT2D eigenvalue weighted by Gasteiger charge is 2.15. The van der Waals surface area contributed by atoms with Gasteiger partial charge in [0.05, 0.1) is 6.10 Å². The Bertz CT molecular complexity index is 427. The molecule has 1 atom stereocenters. The van der Waals surface area contributed by atoms with Crippen molar-refractivity contribution < 1.29 is 9.13 Å². The van der Waals surface area contributed by atoms with Crippen LogP contribution in [0.1, 0.15) is 18.4 Å². The van der Waals surface area contributed by atoms with Gasteiger partial charge in [-0.1, -0.05) is 12.1 Å². The average Bonchev–Trinajstić information content (AvgIpc) is 2.98. The van der Waals surface area contributed by atoms with Crippen molar-refractivity contribution in [2.75, 3.05) is 26.7 Å². The Morgan fingerprint density at radius 2 is 2.15 bits per heavy atom. The SMILES string of the molecule is CN=C(NCCc1ccc(F)cc1)NCC1CCCO1. The molecule has 0 bridgehead atoms. The molecule has 1 saturated heterocycles. The van der Waals surface area contributed by atoms with Crippen molar-refractivity contribution in [2.24, 2.45) is 4.99 Å². The van der Waals surface area contributed by atoms with Crippen LogP contribution in [0.5, 0.6) is 0 Å². The lowest BCUT2D eigenvalue weighted by Crippen LogP contribution is -2.41. The predicted molar refractivity (Wildman–Crippen MR) is 78.4 cm³/mol. The fraction of sp³-hybridized carbons (Fsp3) is 0.533. The number of rotatable bonds is 5. The monoisotopic (exact) mass is 279 g/mol. The number of aliphatic imine (C=N–C) groups is 1. The van der Waals surface area contributed by atoms with Crippen LogP contribution in [0, 0.1) is 5.82 Å². The fourth-order valence-corrected chi connectivity index (χ4v) is 2.21. The fourth-order valence-electron chi connectivity index (χ4n) is 2.21. The topological polar surface area (TPSA) is 45.7 Å². The molecule has 1 fully saturated rings. The van der Waals surface area contributed by atoms with Gasteiger partial charge in [0, 0.05) is 26.7 Å². The number of ether oxygens (including phenoxy) is 1. The van der Waals surface area contributed by atoms with Crippen LogP contribution >= 0.6 is 0 Å². The second kappa shape index (κ2) is 7.85. The molecule has 5 heteroatoms. The lowest BCUT2D eigenvalue weighted by atomic mass is 10.1. The summed E-state index contributed by atoms with van der Waals surface area (Å²) in [6, 6.07) is 6.58. The molecule has 0 amide bonds. The predicted octanol–water partition coefficient (Wildman–Crippen LogP) is 1.71. The molecule has 2 rings (SSSR count). The summed E-state index contributed by atoms with van der Waals surface area (Å²) in [5, 5.41) is 6.51. The van der Waals surface area contributed by atoms with Gasteiger partial charge in [0.25, 0.3) is 0 Å². The molecule has 1 heterocycles. The summed E-state index contributed by atoms with van der Waals surface area (Å²) in [5.41, 5.74) is 1.11. The Hall–Kier alpha value is -1.62. The molecular formula is C15H22FN3O. The van der Waals surface area contributed by atoms with E-state index in [9.17, 15) is 4.39 Å². The third kappa shape index (κ3) is 4.81. The second-order valence-corrected chi connectivity index (χ2v) is 4.89. The van der Waals surface area contributed by atoms with Crippen LogP contribution < -0.4 is 10.6 Å². The molecule has 2 N–H and O–H groups in total. The standard InChI is InChI=1S/C15H22FN3O/c1-17-15(19-11-14-3-2-10-20-14)18-9-8-12-4-6-13(16)7-5-12/h4-7,14H,2-3,8-11H2,1H3,(H2,17,18,19). The van der Waals surface area contributed by atoms with E-state index in [1.54, 1.807) is 19.2 Å². The van der Waals surface area contributed by atoms with Gasteiger partial charge in [-0.2, -0.15) is 0 Å². The minimum absolute atomic E-state index is 0.198. The van der Waals surface area contributed by atoms with Crippen molar-refractivity contribution >= 4 is 5.96 Å². The molecule has 4 nitrogen and oxygen atoms in total. The van der Waals surface area contributed by atoms with E-state index >= 15 is 0 Å². The molecule has 0 radical (unpaired) electrons. The van der Waals surface area contributed by atoms with Crippen molar-refractivity contribution in [3.05, 3.63) is 35.6 Å². The van der Waals surface area contributed by atoms with Gasteiger partial charge >= 0.3 is 0 Å². The van der Waals surface area contributed by atoms with E-state index < -0.39 is 0 Å². The summed E-state index contributed by atoms with van der Waals surface area (Å²) in [4.78, 5) is 4.17. The number of guanidine groups is 1. The van der Waals surface area contributed by atoms with Crippen LogP contribution in [-0.2, 0) is 11.2 Å². The van der Waals surface area contributed by atoms with Crippen LogP contribution in [0.25, 0.3) is 0 Å². The molecule has 1 aromatic carbocycles. The highest BCUT2D eigenvalue weighted by atomic mass is 19.1. The quantitative estimate of drug-likeness (QED) is 0.637. The van der Waals surface area contributed by atoms with E-state index in [-0.39, 0.29) is 5.82 Å². The van der Waals surface area contributed by atoms with Crippen LogP contribution in [0.15, 0.2) is 29.3 Å². The van der Waals surface area contributed by atoms with Gasteiger partial charge < -0.3 is 15.4 Å². The molecule has 110 valence electrons. The Kier molecular flexibility index (Phi) is 5.80. The third-order valence-corrected chi connectivity index (χ3v) is 3.36. The minimum Gasteiger partial charge on any atom is -0.376 e. The molecule has 20 heavy (non-hydrogen) atoms. The van der Waals surface area contributed by atoms with Crippen LogP contribution in [0.4, 0.5) is 4.39 Å². The smallest absolute Gasteiger partial charge is 0.191 e. The zero-order valence-electron chi connectivity index (χ0n) is 11.9. The highest BCUT2D eigenvalue weighted by molar-refractivity contribution is 5.79. The van der Waals surface area contributed by atoms with Gasteiger partial charge in [0.1, 0.15) is 5.82 Å². The van der Waals surface area contributed by atoms with Gasteiger partial charge in [0.15, 0.2) is 5.96 Å². The van der Waals surface area contributed by atoms with Crippen molar-refractivity contribution in [3.63, 3.8) is 0 Å². The number of hydrogen-bond acceptors (Lipinski definition) is 2. The lowest BCUT2D eigenvalue weighted by molar-refractivity contribution is 0.114. The zero-order chi connectivity index (χ0) is 14.2. The van der Waals surface area contributed by atoms with Gasteiger partial charge in [-0.05, 0) is 37.0 Å². The van der Waals surface area contributed by atoms with Crippen molar-refractivity contribution in [2.45, 2.75) is 25.4 Å². The van der Waals surface area contributed by atoms with Crippen LogP contribution in [-0.4, -0.2) is 38.8 Å². The number of benzene rings is 1. The van der Waals surface area contributed by atoms with Crippen molar-refractivity contribution in [1.82, 2.24) is 10.6 Å². The second-order valence-electron chi connectivity index (χ2n) is 4.89. The first-order valence-electron chi connectivity index (χ1n) is 7.08. The zero-order valence-corrected chi connectivity index (χ0v) is 11.9. The summed E-state index contributed by atoms with van der Waals surface area (Å²) in [7, 11) is 1.75. The molecular weight excluding hydrogens is 257 g/mol. The first-order valence-corrected chi connectivity index (χ1v) is 7.08. The summed E-state index contributed by atoms with van der Waals surface area (Å²) in [6.45, 7) is 2.41. The normalized spacial score (nSPS) is 19.1. The van der Waals surface area contributed by atoms with E-state index in [4.69, 9.17) is 4.74 Å². The van der Waals surface area contributed by atoms with Gasteiger partial charge in [0.2, 0.25) is 0 Å². The molecule has 1 aromatic rings. The first kappa shape index (κ1) is 14.8. The van der Waals surface area contributed by atoms with E-state index in [1.165, 1.54) is 12.1 Å². The Morgan fingerprint density at radius 3 is 2.80 bits per heavy atom. The number of nitrogens with zero attached hydrogens (tertiary/aromatic N) is 1. The number of nitrogens with one attached hydrogen (secondary N) is 2. The van der Waals surface area contributed by atoms with Crippen molar-refractivity contribution in [3.8, 4) is 0 Å². The summed E-state index contributed by atoms with van der Waals surface area (Å²) in [5.74, 6) is 0.582. The van der Waals surface area contributed by atoms with E-state index in [1.807, 2.05) is 0 Å². The molecule has 1 aliphatic heterocycles. The van der Waals surface area contributed by atoms with E-state index in [0.29, 0.717) is 6.10 Å². The van der Waals surface area contributed by atoms with Crippen molar-refractivity contribution in [1.29, 1.82) is 0 Å². The van der Waals surface area contributed by atoms with Gasteiger partial charge in [-0.25, -0.2) is 4.39 Å². The lowest BCUT2D eigenvalue weighted by Gasteiger charge is -2.15. The number of hydrogen-bond donors (Lipinski definition) is 2. The largest absolute Gasteiger partial charge is 0.376 e. The Balaban J connectivity index is 1.66. The third-order valence-electron chi connectivity index (χ3n) is 3.36. The summed E-state index contributed by atoms with van der Waals surface area (Å²) < 4.78 is 18.3. The molecule has 1 aliphatic rings. The minimum atomic E-state index is -0.198. The molecule has 1 unspecified atom stereocenters. The van der Waals surface area contributed by atoms with E-state index in [2.05, 4.69) is 15.6 Å². The number of halogens is 1. The maximum absolute atomic E-state index is 12.8.